The second-order valence-electron chi connectivity index (χ2n) is 3.63. The normalized spacial score (nSPS) is 12.7. The Morgan fingerprint density at radius 3 is 2.69 bits per heavy atom. The first-order chi connectivity index (χ1) is 7.56. The van der Waals surface area contributed by atoms with Gasteiger partial charge >= 0.3 is 5.97 Å². The molecule has 0 bridgehead atoms. The van der Waals surface area contributed by atoms with E-state index in [4.69, 9.17) is 0 Å². The number of hydrogen-bond donors (Lipinski definition) is 1. The molecule has 0 unspecified atom stereocenters. The SMILES string of the molecule is C/C=C/CCC(=O)C[C@@H](O)CCOC(C)=O. The fourth-order valence-electron chi connectivity index (χ4n) is 1.22. The van der Waals surface area contributed by atoms with Crippen LogP contribution in [0.5, 0.6) is 0 Å². The monoisotopic (exact) mass is 228 g/mol. The van der Waals surface area contributed by atoms with E-state index in [0.29, 0.717) is 19.3 Å². The molecule has 16 heavy (non-hydrogen) atoms. The van der Waals surface area contributed by atoms with Crippen molar-refractivity contribution < 1.29 is 19.4 Å². The van der Waals surface area contributed by atoms with Crippen LogP contribution >= 0.6 is 0 Å². The molecule has 0 saturated heterocycles. The predicted molar refractivity (Wildman–Crippen MR) is 60.9 cm³/mol. The molecule has 0 spiro atoms. The lowest BCUT2D eigenvalue weighted by atomic mass is 10.1. The van der Waals surface area contributed by atoms with Crippen molar-refractivity contribution in [3.05, 3.63) is 12.2 Å². The second kappa shape index (κ2) is 9.09. The number of esters is 1. The minimum atomic E-state index is -0.711. The molecule has 0 radical (unpaired) electrons. The smallest absolute Gasteiger partial charge is 0.302 e. The number of aliphatic hydroxyl groups excluding tert-OH is 1. The van der Waals surface area contributed by atoms with Gasteiger partial charge in [-0.2, -0.15) is 0 Å². The van der Waals surface area contributed by atoms with Crippen LogP contribution in [-0.4, -0.2) is 29.6 Å². The third-order valence-electron chi connectivity index (χ3n) is 2.05. The molecule has 1 N–H and O–H groups in total. The van der Waals surface area contributed by atoms with E-state index >= 15 is 0 Å². The summed E-state index contributed by atoms with van der Waals surface area (Å²) < 4.78 is 4.67. The molecule has 0 aromatic heterocycles. The molecule has 0 aliphatic heterocycles. The van der Waals surface area contributed by atoms with E-state index in [0.717, 1.165) is 0 Å². The number of ketones is 1. The highest BCUT2D eigenvalue weighted by atomic mass is 16.5. The van der Waals surface area contributed by atoms with Crippen LogP contribution in [-0.2, 0) is 14.3 Å². The van der Waals surface area contributed by atoms with Gasteiger partial charge in [0.1, 0.15) is 5.78 Å². The third kappa shape index (κ3) is 9.40. The second-order valence-corrected chi connectivity index (χ2v) is 3.63. The van der Waals surface area contributed by atoms with Gasteiger partial charge in [-0.3, -0.25) is 9.59 Å². The summed E-state index contributed by atoms with van der Waals surface area (Å²) >= 11 is 0. The Bertz CT molecular complexity index is 245. The number of hydrogen-bond acceptors (Lipinski definition) is 4. The van der Waals surface area contributed by atoms with Crippen molar-refractivity contribution in [2.45, 2.75) is 45.6 Å². The molecule has 0 fully saturated rings. The summed E-state index contributed by atoms with van der Waals surface area (Å²) in [5, 5.41) is 9.46. The number of carbonyl (C=O) groups is 2. The van der Waals surface area contributed by atoms with Gasteiger partial charge in [0.25, 0.3) is 0 Å². The van der Waals surface area contributed by atoms with Crippen molar-refractivity contribution in [1.82, 2.24) is 0 Å². The molecular formula is C12H20O4. The first kappa shape index (κ1) is 14.8. The van der Waals surface area contributed by atoms with Crippen molar-refractivity contribution in [3.63, 3.8) is 0 Å². The van der Waals surface area contributed by atoms with Crippen LogP contribution in [0, 0.1) is 0 Å². The van der Waals surface area contributed by atoms with Crippen molar-refractivity contribution >= 4 is 11.8 Å². The van der Waals surface area contributed by atoms with E-state index in [1.165, 1.54) is 6.92 Å². The Morgan fingerprint density at radius 1 is 1.44 bits per heavy atom. The maximum Gasteiger partial charge on any atom is 0.302 e. The number of Topliss-reactive ketones (excluding diaryl/α,β-unsaturated/α-hetero) is 1. The summed E-state index contributed by atoms with van der Waals surface area (Å²) in [5.74, 6) is -0.333. The van der Waals surface area contributed by atoms with Gasteiger partial charge in [0.15, 0.2) is 0 Å². The summed E-state index contributed by atoms with van der Waals surface area (Å²) in [6.07, 6.45) is 4.72. The zero-order chi connectivity index (χ0) is 12.4. The lowest BCUT2D eigenvalue weighted by molar-refractivity contribution is -0.141. The Kier molecular flexibility index (Phi) is 8.43. The van der Waals surface area contributed by atoms with Gasteiger partial charge in [-0.25, -0.2) is 0 Å². The van der Waals surface area contributed by atoms with Crippen LogP contribution < -0.4 is 0 Å². The average Bonchev–Trinajstić information content (AvgIpc) is 2.17. The van der Waals surface area contributed by atoms with Crippen LogP contribution in [0.1, 0.15) is 39.5 Å². The van der Waals surface area contributed by atoms with E-state index < -0.39 is 6.10 Å². The Balaban J connectivity index is 3.57. The molecule has 0 aliphatic carbocycles. The van der Waals surface area contributed by atoms with Crippen molar-refractivity contribution in [1.29, 1.82) is 0 Å². The molecule has 92 valence electrons. The first-order valence-electron chi connectivity index (χ1n) is 5.50. The highest BCUT2D eigenvalue weighted by molar-refractivity contribution is 5.78. The van der Waals surface area contributed by atoms with Crippen LogP contribution in [0.2, 0.25) is 0 Å². The van der Waals surface area contributed by atoms with Crippen LogP contribution in [0.25, 0.3) is 0 Å². The zero-order valence-electron chi connectivity index (χ0n) is 9.94. The van der Waals surface area contributed by atoms with Crippen LogP contribution in [0.3, 0.4) is 0 Å². The molecule has 0 aromatic carbocycles. The number of allylic oxidation sites excluding steroid dienone is 2. The number of ether oxygens (including phenoxy) is 1. The Labute approximate surface area is 96.3 Å². The summed E-state index contributed by atoms with van der Waals surface area (Å²) in [7, 11) is 0. The summed E-state index contributed by atoms with van der Waals surface area (Å²) in [5.41, 5.74) is 0. The first-order valence-corrected chi connectivity index (χ1v) is 5.50. The molecule has 4 nitrogen and oxygen atoms in total. The lowest BCUT2D eigenvalue weighted by Crippen LogP contribution is -2.16. The molecular weight excluding hydrogens is 208 g/mol. The van der Waals surface area contributed by atoms with Gasteiger partial charge in [-0.1, -0.05) is 12.2 Å². The zero-order valence-corrected chi connectivity index (χ0v) is 9.94. The molecule has 1 atom stereocenters. The lowest BCUT2D eigenvalue weighted by Gasteiger charge is -2.09. The maximum absolute atomic E-state index is 11.3. The quantitative estimate of drug-likeness (QED) is 0.506. The number of rotatable bonds is 8. The topological polar surface area (TPSA) is 63.6 Å². The van der Waals surface area contributed by atoms with E-state index in [1.54, 1.807) is 0 Å². The fraction of sp³-hybridized carbons (Fsp3) is 0.667. The van der Waals surface area contributed by atoms with Crippen molar-refractivity contribution in [2.75, 3.05) is 6.61 Å². The largest absolute Gasteiger partial charge is 0.466 e. The molecule has 0 saturated carbocycles. The summed E-state index contributed by atoms with van der Waals surface area (Å²) in [6.45, 7) is 3.38. The summed E-state index contributed by atoms with van der Waals surface area (Å²) in [6, 6.07) is 0. The minimum absolute atomic E-state index is 0.0356. The molecule has 0 rings (SSSR count). The molecule has 0 aliphatic rings. The van der Waals surface area contributed by atoms with Gasteiger partial charge in [0.05, 0.1) is 12.7 Å². The van der Waals surface area contributed by atoms with Gasteiger partial charge in [0.2, 0.25) is 0 Å². The Morgan fingerprint density at radius 2 is 2.12 bits per heavy atom. The predicted octanol–water partition coefficient (Wildman–Crippen LogP) is 1.62. The van der Waals surface area contributed by atoms with Gasteiger partial charge in [-0.05, 0) is 13.3 Å². The van der Waals surface area contributed by atoms with Crippen LogP contribution in [0.4, 0.5) is 0 Å². The number of aliphatic hydroxyl groups is 1. The molecule has 4 heteroatoms. The molecule has 0 aromatic rings. The highest BCUT2D eigenvalue weighted by Gasteiger charge is 2.10. The van der Waals surface area contributed by atoms with E-state index in [9.17, 15) is 14.7 Å². The minimum Gasteiger partial charge on any atom is -0.466 e. The highest BCUT2D eigenvalue weighted by Crippen LogP contribution is 2.04. The van der Waals surface area contributed by atoms with Gasteiger partial charge in [0, 0.05) is 26.2 Å². The third-order valence-corrected chi connectivity index (χ3v) is 2.05. The van der Waals surface area contributed by atoms with Gasteiger partial charge < -0.3 is 9.84 Å². The fourth-order valence-corrected chi connectivity index (χ4v) is 1.22. The van der Waals surface area contributed by atoms with Crippen molar-refractivity contribution in [2.24, 2.45) is 0 Å². The van der Waals surface area contributed by atoms with Crippen LogP contribution in [0.15, 0.2) is 12.2 Å². The Hall–Kier alpha value is -1.16. The van der Waals surface area contributed by atoms with Gasteiger partial charge in [-0.15, -0.1) is 0 Å². The number of carbonyl (C=O) groups excluding carboxylic acids is 2. The van der Waals surface area contributed by atoms with E-state index in [-0.39, 0.29) is 24.8 Å². The molecule has 0 amide bonds. The van der Waals surface area contributed by atoms with E-state index in [1.807, 2.05) is 19.1 Å². The molecule has 0 heterocycles. The average molecular weight is 228 g/mol. The maximum atomic E-state index is 11.3. The van der Waals surface area contributed by atoms with Crippen molar-refractivity contribution in [3.8, 4) is 0 Å². The standard InChI is InChI=1S/C12H20O4/c1-3-4-5-6-11(14)9-12(15)7-8-16-10(2)13/h3-4,12,15H,5-9H2,1-2H3/b4-3+/t12-/m0/s1. The summed E-state index contributed by atoms with van der Waals surface area (Å²) in [4.78, 5) is 21.8. The van der Waals surface area contributed by atoms with E-state index in [2.05, 4.69) is 4.74 Å².